The van der Waals surface area contributed by atoms with Gasteiger partial charge in [-0.15, -0.1) is 0 Å². The molecular weight excluding hydrogens is 240 g/mol. The van der Waals surface area contributed by atoms with E-state index in [0.29, 0.717) is 12.6 Å². The van der Waals surface area contributed by atoms with E-state index in [-0.39, 0.29) is 12.4 Å². The van der Waals surface area contributed by atoms with Crippen molar-refractivity contribution in [2.45, 2.75) is 31.4 Å². The molecule has 1 aliphatic carbocycles. The summed E-state index contributed by atoms with van der Waals surface area (Å²) in [4.78, 5) is 0. The van der Waals surface area contributed by atoms with Crippen LogP contribution in [0.4, 0.5) is 8.78 Å². The van der Waals surface area contributed by atoms with Crippen LogP contribution in [0.25, 0.3) is 0 Å². The van der Waals surface area contributed by atoms with Crippen LogP contribution in [0.3, 0.4) is 0 Å². The molecule has 0 aliphatic heterocycles. The second-order valence-corrected chi connectivity index (χ2v) is 4.99. The van der Waals surface area contributed by atoms with Crippen LogP contribution in [-0.2, 0) is 0 Å². The zero-order valence-electron chi connectivity index (χ0n) is 10.2. The Morgan fingerprint density at radius 2 is 2.17 bits per heavy atom. The minimum Gasteiger partial charge on any atom is -0.487 e. The number of nitrogens with one attached hydrogen (secondary N) is 1. The molecule has 1 aromatic carbocycles. The average Bonchev–Trinajstić information content (AvgIpc) is 3.13. The minimum atomic E-state index is -1.11. The summed E-state index contributed by atoms with van der Waals surface area (Å²) >= 11 is 0. The zero-order chi connectivity index (χ0) is 13.2. The number of ether oxygens (including phenoxy) is 1. The fraction of sp³-hybridized carbons (Fsp3) is 0.538. The molecule has 18 heavy (non-hydrogen) atoms. The average molecular weight is 257 g/mol. The summed E-state index contributed by atoms with van der Waals surface area (Å²) in [5.41, 5.74) is -1.11. The molecule has 2 N–H and O–H groups in total. The maximum absolute atomic E-state index is 13.3. The predicted octanol–water partition coefficient (Wildman–Crippen LogP) is 1.85. The van der Waals surface area contributed by atoms with Gasteiger partial charge in [-0.05, 0) is 31.9 Å². The molecule has 0 radical (unpaired) electrons. The number of halogens is 2. The minimum absolute atomic E-state index is 0.0902. The molecule has 0 heterocycles. The van der Waals surface area contributed by atoms with Gasteiger partial charge in [0.15, 0.2) is 11.6 Å². The van der Waals surface area contributed by atoms with Crippen molar-refractivity contribution < 1.29 is 18.6 Å². The summed E-state index contributed by atoms with van der Waals surface area (Å²) in [7, 11) is 0. The van der Waals surface area contributed by atoms with Crippen molar-refractivity contribution in [3.05, 3.63) is 29.8 Å². The van der Waals surface area contributed by atoms with Crippen molar-refractivity contribution in [3.63, 3.8) is 0 Å². The molecule has 1 aliphatic rings. The summed E-state index contributed by atoms with van der Waals surface area (Å²) < 4.78 is 31.4. The third-order valence-corrected chi connectivity index (χ3v) is 2.80. The number of rotatable bonds is 6. The lowest BCUT2D eigenvalue weighted by molar-refractivity contribution is 0.0106. The first kappa shape index (κ1) is 13.2. The Morgan fingerprint density at radius 1 is 1.44 bits per heavy atom. The highest BCUT2D eigenvalue weighted by atomic mass is 19.2. The fourth-order valence-electron chi connectivity index (χ4n) is 1.53. The van der Waals surface area contributed by atoms with Gasteiger partial charge in [0, 0.05) is 12.6 Å². The van der Waals surface area contributed by atoms with E-state index in [1.165, 1.54) is 12.1 Å². The molecule has 1 aromatic rings. The normalized spacial score (nSPS) is 18.4. The van der Waals surface area contributed by atoms with Gasteiger partial charge in [0.1, 0.15) is 12.2 Å². The highest BCUT2D eigenvalue weighted by Gasteiger charge is 2.27. The highest BCUT2D eigenvalue weighted by molar-refractivity contribution is 5.25. The molecule has 100 valence electrons. The Balaban J connectivity index is 1.86. The van der Waals surface area contributed by atoms with E-state index in [4.69, 9.17) is 4.74 Å². The van der Waals surface area contributed by atoms with Gasteiger partial charge >= 0.3 is 0 Å². The largest absolute Gasteiger partial charge is 0.487 e. The van der Waals surface area contributed by atoms with E-state index in [2.05, 4.69) is 5.32 Å². The summed E-state index contributed by atoms with van der Waals surface area (Å²) in [5, 5.41) is 13.2. The molecule has 5 heteroatoms. The van der Waals surface area contributed by atoms with Crippen molar-refractivity contribution in [1.29, 1.82) is 0 Å². The second kappa shape index (κ2) is 5.20. The molecule has 0 spiro atoms. The summed E-state index contributed by atoms with van der Waals surface area (Å²) in [6, 6.07) is 4.20. The molecule has 1 saturated carbocycles. The fourth-order valence-corrected chi connectivity index (χ4v) is 1.53. The van der Waals surface area contributed by atoms with E-state index < -0.39 is 17.2 Å². The van der Waals surface area contributed by atoms with E-state index in [1.807, 2.05) is 0 Å². The Hall–Kier alpha value is -1.20. The van der Waals surface area contributed by atoms with E-state index in [1.54, 1.807) is 6.92 Å². The first-order chi connectivity index (χ1) is 8.48. The van der Waals surface area contributed by atoms with E-state index >= 15 is 0 Å². The van der Waals surface area contributed by atoms with Gasteiger partial charge < -0.3 is 15.2 Å². The summed E-state index contributed by atoms with van der Waals surface area (Å²) in [5.74, 6) is -2.16. The molecular formula is C13H17F2NO2. The van der Waals surface area contributed by atoms with Crippen LogP contribution in [0.5, 0.6) is 5.75 Å². The Labute approximate surface area is 105 Å². The van der Waals surface area contributed by atoms with Gasteiger partial charge in [-0.2, -0.15) is 4.39 Å². The summed E-state index contributed by atoms with van der Waals surface area (Å²) in [6.45, 7) is 1.88. The monoisotopic (exact) mass is 257 g/mol. The van der Waals surface area contributed by atoms with Gasteiger partial charge in [0.25, 0.3) is 0 Å². The van der Waals surface area contributed by atoms with Crippen LogP contribution in [0.15, 0.2) is 18.2 Å². The number of aliphatic hydroxyl groups is 1. The predicted molar refractivity (Wildman–Crippen MR) is 63.5 cm³/mol. The Morgan fingerprint density at radius 3 is 2.83 bits per heavy atom. The number of hydrogen-bond acceptors (Lipinski definition) is 3. The molecule has 0 aromatic heterocycles. The van der Waals surface area contributed by atoms with Gasteiger partial charge in [0.2, 0.25) is 5.82 Å². The molecule has 0 amide bonds. The van der Waals surface area contributed by atoms with Crippen LogP contribution < -0.4 is 10.1 Å². The quantitative estimate of drug-likeness (QED) is 0.817. The SMILES string of the molecule is CC(O)(CNC1CC1)COc1cccc(F)c1F. The number of hydrogen-bond donors (Lipinski definition) is 2. The van der Waals surface area contributed by atoms with Gasteiger partial charge in [-0.3, -0.25) is 0 Å². The van der Waals surface area contributed by atoms with Crippen molar-refractivity contribution in [2.75, 3.05) is 13.2 Å². The van der Waals surface area contributed by atoms with Gasteiger partial charge in [-0.1, -0.05) is 6.07 Å². The maximum Gasteiger partial charge on any atom is 0.200 e. The number of benzene rings is 1. The third kappa shape index (κ3) is 3.65. The van der Waals surface area contributed by atoms with Crippen molar-refractivity contribution in [1.82, 2.24) is 5.32 Å². The zero-order valence-corrected chi connectivity index (χ0v) is 10.2. The molecule has 3 nitrogen and oxygen atoms in total. The molecule has 2 rings (SSSR count). The summed E-state index contributed by atoms with van der Waals surface area (Å²) in [6.07, 6.45) is 2.24. The molecule has 1 unspecified atom stereocenters. The van der Waals surface area contributed by atoms with Crippen molar-refractivity contribution in [3.8, 4) is 5.75 Å². The van der Waals surface area contributed by atoms with Gasteiger partial charge in [0.05, 0.1) is 0 Å². The van der Waals surface area contributed by atoms with Crippen molar-refractivity contribution >= 4 is 0 Å². The van der Waals surface area contributed by atoms with E-state index in [0.717, 1.165) is 18.9 Å². The lowest BCUT2D eigenvalue weighted by Crippen LogP contribution is -2.43. The lowest BCUT2D eigenvalue weighted by atomic mass is 10.1. The first-order valence-electron chi connectivity index (χ1n) is 6.00. The Bertz CT molecular complexity index is 419. The maximum atomic E-state index is 13.3. The molecule has 1 fully saturated rings. The highest BCUT2D eigenvalue weighted by Crippen LogP contribution is 2.21. The molecule has 1 atom stereocenters. The van der Waals surface area contributed by atoms with Gasteiger partial charge in [-0.25, -0.2) is 4.39 Å². The van der Waals surface area contributed by atoms with Crippen molar-refractivity contribution in [2.24, 2.45) is 0 Å². The van der Waals surface area contributed by atoms with E-state index in [9.17, 15) is 13.9 Å². The lowest BCUT2D eigenvalue weighted by Gasteiger charge is -2.24. The van der Waals surface area contributed by atoms with Crippen LogP contribution in [0.1, 0.15) is 19.8 Å². The standard InChI is InChI=1S/C13H17F2NO2/c1-13(17,7-16-9-5-6-9)8-18-11-4-2-3-10(14)12(11)15/h2-4,9,16-17H,5-8H2,1H3. The van der Waals surface area contributed by atoms with Crippen LogP contribution >= 0.6 is 0 Å². The van der Waals surface area contributed by atoms with Crippen LogP contribution in [-0.4, -0.2) is 29.9 Å². The molecule has 0 bridgehead atoms. The van der Waals surface area contributed by atoms with Crippen LogP contribution in [0, 0.1) is 11.6 Å². The molecule has 0 saturated heterocycles. The van der Waals surface area contributed by atoms with Crippen LogP contribution in [0.2, 0.25) is 0 Å². The third-order valence-electron chi connectivity index (χ3n) is 2.80. The smallest absolute Gasteiger partial charge is 0.200 e. The second-order valence-electron chi connectivity index (χ2n) is 4.99. The topological polar surface area (TPSA) is 41.5 Å². The first-order valence-corrected chi connectivity index (χ1v) is 6.00. The Kier molecular flexibility index (Phi) is 3.82.